The Balaban J connectivity index is 1.34. The van der Waals surface area contributed by atoms with Gasteiger partial charge < -0.3 is 10.2 Å². The number of fused-ring (bicyclic) bond motifs is 4. The number of carbonyl (C=O) groups excluding carboxylic acids is 1. The molecular weight excluding hydrogens is 328 g/mol. The number of piperidine rings is 1. The first-order valence-electron chi connectivity index (χ1n) is 9.24. The molecule has 0 unspecified atom stereocenters. The van der Waals surface area contributed by atoms with Crippen LogP contribution < -0.4 is 10.2 Å². The summed E-state index contributed by atoms with van der Waals surface area (Å²) < 4.78 is 0. The Morgan fingerprint density at radius 2 is 2.00 bits per heavy atom. The lowest BCUT2D eigenvalue weighted by atomic mass is 9.95. The second-order valence-electron chi connectivity index (χ2n) is 7.09. The Labute approximate surface area is 153 Å². The molecule has 7 nitrogen and oxygen atoms in total. The van der Waals surface area contributed by atoms with E-state index < -0.39 is 0 Å². The van der Waals surface area contributed by atoms with E-state index in [4.69, 9.17) is 0 Å². The molecule has 1 N–H and O–H groups in total. The summed E-state index contributed by atoms with van der Waals surface area (Å²) in [6.45, 7) is 3.77. The molecule has 0 saturated carbocycles. The second kappa shape index (κ2) is 7.78. The summed E-state index contributed by atoms with van der Waals surface area (Å²) in [6.07, 6.45) is 9.89. The van der Waals surface area contributed by atoms with Crippen molar-refractivity contribution in [3.8, 4) is 0 Å². The van der Waals surface area contributed by atoms with Crippen LogP contribution in [0.25, 0.3) is 0 Å². The first kappa shape index (κ1) is 16.9. The molecule has 0 aliphatic carbocycles. The van der Waals surface area contributed by atoms with Crippen LogP contribution in [0.5, 0.6) is 0 Å². The Bertz CT molecular complexity index is 725. The molecule has 0 aromatic carbocycles. The zero-order valence-corrected chi connectivity index (χ0v) is 14.8. The number of hydrogen-bond donors (Lipinski definition) is 1. The fourth-order valence-electron chi connectivity index (χ4n) is 3.98. The van der Waals surface area contributed by atoms with E-state index in [-0.39, 0.29) is 5.91 Å². The van der Waals surface area contributed by atoms with Crippen LogP contribution in [0.3, 0.4) is 0 Å². The van der Waals surface area contributed by atoms with Crippen LogP contribution in [0.2, 0.25) is 0 Å². The third kappa shape index (κ3) is 3.99. The fourth-order valence-corrected chi connectivity index (χ4v) is 3.98. The van der Waals surface area contributed by atoms with E-state index in [9.17, 15) is 4.79 Å². The molecule has 7 heteroatoms. The van der Waals surface area contributed by atoms with Crippen molar-refractivity contribution < 1.29 is 4.79 Å². The number of anilines is 2. The highest BCUT2D eigenvalue weighted by Gasteiger charge is 2.35. The molecule has 2 aromatic rings. The van der Waals surface area contributed by atoms with Crippen molar-refractivity contribution in [2.24, 2.45) is 5.92 Å². The van der Waals surface area contributed by atoms with Crippen molar-refractivity contribution in [1.82, 2.24) is 19.9 Å². The summed E-state index contributed by atoms with van der Waals surface area (Å²) >= 11 is 0. The van der Waals surface area contributed by atoms with Crippen LogP contribution in [-0.4, -0.2) is 58.0 Å². The van der Waals surface area contributed by atoms with Crippen molar-refractivity contribution in [3.05, 3.63) is 43.0 Å². The third-order valence-electron chi connectivity index (χ3n) is 5.23. The molecule has 136 valence electrons. The Morgan fingerprint density at radius 3 is 2.81 bits per heavy atom. The minimum atomic E-state index is 0.0429. The summed E-state index contributed by atoms with van der Waals surface area (Å²) in [5.74, 6) is 1.47. The molecule has 5 rings (SSSR count). The standard InChI is InChI=1S/C19H24N6O/c26-18(23-16-3-1-7-20-11-16)6-10-24-12-15-4-5-17(24)14-25(13-15)19-21-8-2-9-22-19/h1-3,7-9,11,15,17H,4-6,10,12-14H2,(H,23,26)/t15-,17-/m1/s1. The molecule has 2 aromatic heterocycles. The van der Waals surface area contributed by atoms with E-state index in [0.29, 0.717) is 18.4 Å². The monoisotopic (exact) mass is 352 g/mol. The number of nitrogens with one attached hydrogen (secondary N) is 1. The number of pyridine rings is 1. The second-order valence-corrected chi connectivity index (χ2v) is 7.09. The van der Waals surface area contributed by atoms with Crippen molar-refractivity contribution in [1.29, 1.82) is 0 Å². The molecular formula is C19H24N6O. The number of aromatic nitrogens is 3. The zero-order chi connectivity index (χ0) is 17.8. The number of carbonyl (C=O) groups is 1. The van der Waals surface area contributed by atoms with Crippen LogP contribution in [0.15, 0.2) is 43.0 Å². The van der Waals surface area contributed by atoms with Crippen molar-refractivity contribution in [2.45, 2.75) is 25.3 Å². The van der Waals surface area contributed by atoms with Crippen molar-refractivity contribution in [2.75, 3.05) is 36.4 Å². The molecule has 3 aliphatic rings. The lowest BCUT2D eigenvalue weighted by Gasteiger charge is -2.35. The van der Waals surface area contributed by atoms with Gasteiger partial charge in [0.25, 0.3) is 0 Å². The van der Waals surface area contributed by atoms with Gasteiger partial charge in [-0.15, -0.1) is 0 Å². The quantitative estimate of drug-likeness (QED) is 0.884. The summed E-state index contributed by atoms with van der Waals surface area (Å²) in [7, 11) is 0. The van der Waals surface area contributed by atoms with Crippen molar-refractivity contribution in [3.63, 3.8) is 0 Å². The van der Waals surface area contributed by atoms with Gasteiger partial charge in [0.05, 0.1) is 11.9 Å². The van der Waals surface area contributed by atoms with Gasteiger partial charge in [-0.1, -0.05) is 0 Å². The zero-order valence-electron chi connectivity index (χ0n) is 14.8. The average molecular weight is 352 g/mol. The molecule has 3 aliphatic heterocycles. The third-order valence-corrected chi connectivity index (χ3v) is 5.23. The lowest BCUT2D eigenvalue weighted by molar-refractivity contribution is -0.116. The summed E-state index contributed by atoms with van der Waals surface area (Å²) in [4.78, 5) is 29.9. The molecule has 5 heterocycles. The largest absolute Gasteiger partial charge is 0.339 e. The van der Waals surface area contributed by atoms with Crippen molar-refractivity contribution >= 4 is 17.5 Å². The van der Waals surface area contributed by atoms with Crippen LogP contribution in [0, 0.1) is 5.92 Å². The maximum Gasteiger partial charge on any atom is 0.225 e. The summed E-state index contributed by atoms with van der Waals surface area (Å²) in [5, 5.41) is 2.92. The lowest BCUT2D eigenvalue weighted by Crippen LogP contribution is -2.45. The number of amides is 1. The van der Waals surface area contributed by atoms with Gasteiger partial charge in [-0.2, -0.15) is 0 Å². The van der Waals surface area contributed by atoms with E-state index in [1.54, 1.807) is 24.8 Å². The van der Waals surface area contributed by atoms with Gasteiger partial charge in [0, 0.05) is 57.2 Å². The van der Waals surface area contributed by atoms with E-state index in [1.165, 1.54) is 12.8 Å². The van der Waals surface area contributed by atoms with Crippen LogP contribution in [0.1, 0.15) is 19.3 Å². The maximum absolute atomic E-state index is 12.2. The summed E-state index contributed by atoms with van der Waals surface area (Å²) in [5.41, 5.74) is 0.752. The molecule has 2 bridgehead atoms. The average Bonchev–Trinajstić information content (AvgIpc) is 3.00. The van der Waals surface area contributed by atoms with E-state index in [2.05, 4.69) is 30.1 Å². The molecule has 3 fully saturated rings. The topological polar surface area (TPSA) is 74.2 Å². The molecule has 2 atom stereocenters. The van der Waals surface area contributed by atoms with Gasteiger partial charge in [0.1, 0.15) is 0 Å². The van der Waals surface area contributed by atoms with E-state index in [0.717, 1.165) is 37.8 Å². The Morgan fingerprint density at radius 1 is 1.12 bits per heavy atom. The number of hydrogen-bond acceptors (Lipinski definition) is 6. The molecule has 1 amide bonds. The van der Waals surface area contributed by atoms with Gasteiger partial charge in [-0.25, -0.2) is 9.97 Å². The minimum absolute atomic E-state index is 0.0429. The first-order valence-corrected chi connectivity index (χ1v) is 9.24. The summed E-state index contributed by atoms with van der Waals surface area (Å²) in [6, 6.07) is 5.99. The predicted octanol–water partition coefficient (Wildman–Crippen LogP) is 1.80. The highest BCUT2D eigenvalue weighted by atomic mass is 16.1. The van der Waals surface area contributed by atoms with Gasteiger partial charge in [-0.05, 0) is 37.0 Å². The van der Waals surface area contributed by atoms with Crippen LogP contribution in [0.4, 0.5) is 11.6 Å². The first-order chi connectivity index (χ1) is 12.8. The van der Waals surface area contributed by atoms with Gasteiger partial charge >= 0.3 is 0 Å². The fraction of sp³-hybridized carbons (Fsp3) is 0.474. The SMILES string of the molecule is O=C(CCN1C[C@H]2CC[C@@H]1CN(c1ncccn1)C2)Nc1cccnc1. The predicted molar refractivity (Wildman–Crippen MR) is 99.8 cm³/mol. The normalized spacial score (nSPS) is 22.8. The molecule has 0 spiro atoms. The Kier molecular flexibility index (Phi) is 5.06. The van der Waals surface area contributed by atoms with E-state index >= 15 is 0 Å². The number of nitrogens with zero attached hydrogens (tertiary/aromatic N) is 5. The van der Waals surface area contributed by atoms with Crippen LogP contribution >= 0.6 is 0 Å². The molecule has 26 heavy (non-hydrogen) atoms. The van der Waals surface area contributed by atoms with Gasteiger partial charge in [0.2, 0.25) is 11.9 Å². The maximum atomic E-state index is 12.2. The highest BCUT2D eigenvalue weighted by Crippen LogP contribution is 2.29. The molecule has 3 saturated heterocycles. The molecule has 0 radical (unpaired) electrons. The number of rotatable bonds is 5. The van der Waals surface area contributed by atoms with Crippen LogP contribution in [-0.2, 0) is 4.79 Å². The highest BCUT2D eigenvalue weighted by molar-refractivity contribution is 5.90. The van der Waals surface area contributed by atoms with E-state index in [1.807, 2.05) is 18.2 Å². The Hall–Kier alpha value is -2.54. The smallest absolute Gasteiger partial charge is 0.225 e. The minimum Gasteiger partial charge on any atom is -0.339 e. The van der Waals surface area contributed by atoms with Gasteiger partial charge in [-0.3, -0.25) is 14.7 Å². The van der Waals surface area contributed by atoms with Gasteiger partial charge in [0.15, 0.2) is 0 Å².